The number of nitrogens with one attached hydrogen (secondary N) is 1. The summed E-state index contributed by atoms with van der Waals surface area (Å²) in [6.45, 7) is 11.6. The summed E-state index contributed by atoms with van der Waals surface area (Å²) in [5.74, 6) is -1.58. The number of nitrogens with zero attached hydrogens (tertiary/aromatic N) is 3. The van der Waals surface area contributed by atoms with Crippen LogP contribution in [0.25, 0.3) is 11.1 Å². The molecule has 38 heavy (non-hydrogen) atoms. The summed E-state index contributed by atoms with van der Waals surface area (Å²) < 4.78 is 21.8. The topological polar surface area (TPSA) is 66.8 Å². The lowest BCUT2D eigenvalue weighted by Gasteiger charge is -2.37. The van der Waals surface area contributed by atoms with Crippen molar-refractivity contribution in [1.82, 2.24) is 9.47 Å². The van der Waals surface area contributed by atoms with E-state index in [1.165, 1.54) is 6.07 Å². The Kier molecular flexibility index (Phi) is 8.97. The fraction of sp³-hybridized carbons (Fsp3) is 0.400. The number of piperazine rings is 1. The zero-order valence-electron chi connectivity index (χ0n) is 22.7. The quantitative estimate of drug-likeness (QED) is 0.306. The third-order valence-electron chi connectivity index (χ3n) is 6.89. The lowest BCUT2D eigenvalue weighted by atomic mass is 10.0. The van der Waals surface area contributed by atoms with Crippen molar-refractivity contribution in [2.75, 3.05) is 56.7 Å². The summed E-state index contributed by atoms with van der Waals surface area (Å²) >= 11 is 0. The van der Waals surface area contributed by atoms with Crippen molar-refractivity contribution >= 4 is 23.1 Å². The van der Waals surface area contributed by atoms with E-state index in [2.05, 4.69) is 29.0 Å². The first-order valence-corrected chi connectivity index (χ1v) is 13.2. The second-order valence-electron chi connectivity index (χ2n) is 10.2. The number of anilines is 2. The number of ketones is 1. The van der Waals surface area contributed by atoms with E-state index in [4.69, 9.17) is 4.74 Å². The van der Waals surface area contributed by atoms with Crippen LogP contribution >= 0.6 is 0 Å². The summed E-state index contributed by atoms with van der Waals surface area (Å²) in [5, 5.41) is 2.55. The van der Waals surface area contributed by atoms with E-state index in [0.29, 0.717) is 24.6 Å². The van der Waals surface area contributed by atoms with Crippen LogP contribution in [0.4, 0.5) is 15.8 Å². The number of hydrogen-bond acceptors (Lipinski definition) is 5. The minimum absolute atomic E-state index is 0.00144. The summed E-state index contributed by atoms with van der Waals surface area (Å²) in [7, 11) is 1.59. The first kappa shape index (κ1) is 27.5. The number of amides is 1. The number of aryl methyl sites for hydroxylation is 1. The zero-order valence-corrected chi connectivity index (χ0v) is 22.7. The predicted molar refractivity (Wildman–Crippen MR) is 149 cm³/mol. The molecule has 1 aliphatic rings. The van der Waals surface area contributed by atoms with Crippen molar-refractivity contribution in [2.24, 2.45) is 5.92 Å². The van der Waals surface area contributed by atoms with E-state index in [-0.39, 0.29) is 11.4 Å². The molecular formula is C30H37FN4O3. The van der Waals surface area contributed by atoms with Gasteiger partial charge in [0.05, 0.1) is 12.3 Å². The standard InChI is InChI=1S/C30H37FN4O3/c1-21(2)20-33-12-14-34(15-13-33)24-10-11-26(31)27(19-24)32-30(37)29(36)28-25(23-8-6-5-7-9-23)18-22(3)35(28)16-17-38-4/h5-11,18-19,21H,12-17,20H2,1-4H3,(H,32,37). The van der Waals surface area contributed by atoms with E-state index in [1.54, 1.807) is 23.8 Å². The van der Waals surface area contributed by atoms with Gasteiger partial charge in [0.15, 0.2) is 0 Å². The Balaban J connectivity index is 1.56. The summed E-state index contributed by atoms with van der Waals surface area (Å²) in [6.07, 6.45) is 0. The molecule has 0 saturated carbocycles. The highest BCUT2D eigenvalue weighted by molar-refractivity contribution is 6.47. The lowest BCUT2D eigenvalue weighted by Crippen LogP contribution is -2.47. The molecule has 2 aromatic carbocycles. The van der Waals surface area contributed by atoms with Gasteiger partial charge in [0.1, 0.15) is 11.5 Å². The smallest absolute Gasteiger partial charge is 0.298 e. The van der Waals surface area contributed by atoms with Crippen LogP contribution in [0.3, 0.4) is 0 Å². The number of benzene rings is 2. The van der Waals surface area contributed by atoms with Crippen LogP contribution in [0.2, 0.25) is 0 Å². The maximum atomic E-state index is 14.8. The molecule has 0 bridgehead atoms. The van der Waals surface area contributed by atoms with Crippen LogP contribution in [0.5, 0.6) is 0 Å². The zero-order chi connectivity index (χ0) is 27.2. The number of halogens is 1. The second-order valence-corrected chi connectivity index (χ2v) is 10.2. The van der Waals surface area contributed by atoms with Gasteiger partial charge in [-0.25, -0.2) is 4.39 Å². The molecule has 3 aromatic rings. The van der Waals surface area contributed by atoms with E-state index in [9.17, 15) is 14.0 Å². The predicted octanol–water partition coefficient (Wildman–Crippen LogP) is 4.85. The molecule has 0 spiro atoms. The normalized spacial score (nSPS) is 14.2. The van der Waals surface area contributed by atoms with Crippen molar-refractivity contribution in [2.45, 2.75) is 27.3 Å². The Bertz CT molecular complexity index is 1260. The Morgan fingerprint density at radius 3 is 2.39 bits per heavy atom. The molecule has 8 heteroatoms. The van der Waals surface area contributed by atoms with E-state index in [1.807, 2.05) is 43.3 Å². The van der Waals surface area contributed by atoms with Gasteiger partial charge in [-0.15, -0.1) is 0 Å². The van der Waals surface area contributed by atoms with Crippen molar-refractivity contribution in [3.63, 3.8) is 0 Å². The van der Waals surface area contributed by atoms with Crippen molar-refractivity contribution < 1.29 is 18.7 Å². The maximum Gasteiger partial charge on any atom is 0.298 e. The molecule has 1 aromatic heterocycles. The molecule has 1 fully saturated rings. The molecule has 0 atom stereocenters. The average Bonchev–Trinajstić information content (AvgIpc) is 3.24. The number of Topliss-reactive ketones (excluding diaryl/α,β-unsaturated/α-hetero) is 1. The molecule has 202 valence electrons. The monoisotopic (exact) mass is 520 g/mol. The van der Waals surface area contributed by atoms with Gasteiger partial charge in [-0.2, -0.15) is 0 Å². The third-order valence-corrected chi connectivity index (χ3v) is 6.89. The highest BCUT2D eigenvalue weighted by atomic mass is 19.1. The lowest BCUT2D eigenvalue weighted by molar-refractivity contribution is -0.112. The number of aromatic nitrogens is 1. The molecular weight excluding hydrogens is 483 g/mol. The van der Waals surface area contributed by atoms with Gasteiger partial charge in [-0.3, -0.25) is 14.5 Å². The molecule has 7 nitrogen and oxygen atoms in total. The highest BCUT2D eigenvalue weighted by Gasteiger charge is 2.27. The number of carbonyl (C=O) groups is 2. The van der Waals surface area contributed by atoms with Crippen molar-refractivity contribution in [3.8, 4) is 11.1 Å². The number of carbonyl (C=O) groups excluding carboxylic acids is 2. The van der Waals surface area contributed by atoms with Gasteiger partial charge < -0.3 is 19.5 Å². The van der Waals surface area contributed by atoms with Gasteiger partial charge in [0, 0.05) is 63.3 Å². The van der Waals surface area contributed by atoms with Crippen LogP contribution in [0.15, 0.2) is 54.6 Å². The van der Waals surface area contributed by atoms with Crippen molar-refractivity contribution in [3.05, 3.63) is 71.8 Å². The molecule has 4 rings (SSSR count). The molecule has 0 unspecified atom stereocenters. The molecule has 0 aliphatic carbocycles. The van der Waals surface area contributed by atoms with Crippen LogP contribution < -0.4 is 10.2 Å². The molecule has 1 aliphatic heterocycles. The summed E-state index contributed by atoms with van der Waals surface area (Å²) in [4.78, 5) is 31.4. The number of methoxy groups -OCH3 is 1. The van der Waals surface area contributed by atoms with Gasteiger partial charge in [-0.1, -0.05) is 44.2 Å². The molecule has 1 saturated heterocycles. The average molecular weight is 521 g/mol. The maximum absolute atomic E-state index is 14.8. The Morgan fingerprint density at radius 2 is 1.74 bits per heavy atom. The van der Waals surface area contributed by atoms with Gasteiger partial charge in [-0.05, 0) is 42.7 Å². The van der Waals surface area contributed by atoms with E-state index in [0.717, 1.165) is 49.7 Å². The molecule has 1 N–H and O–H groups in total. The first-order valence-electron chi connectivity index (χ1n) is 13.2. The second kappa shape index (κ2) is 12.4. The number of ether oxygens (including phenoxy) is 1. The fourth-order valence-corrected chi connectivity index (χ4v) is 5.03. The number of hydrogen-bond donors (Lipinski definition) is 1. The number of rotatable bonds is 10. The Morgan fingerprint density at radius 1 is 1.03 bits per heavy atom. The van der Waals surface area contributed by atoms with Gasteiger partial charge in [0.2, 0.25) is 0 Å². The Hall–Kier alpha value is -3.49. The van der Waals surface area contributed by atoms with Gasteiger partial charge >= 0.3 is 0 Å². The highest BCUT2D eigenvalue weighted by Crippen LogP contribution is 2.29. The minimum atomic E-state index is -0.878. The fourth-order valence-electron chi connectivity index (χ4n) is 5.03. The van der Waals surface area contributed by atoms with Gasteiger partial charge in [0.25, 0.3) is 11.7 Å². The SMILES string of the molecule is COCCn1c(C)cc(-c2ccccc2)c1C(=O)C(=O)Nc1cc(N2CCN(CC(C)C)CC2)ccc1F. The molecule has 1 amide bonds. The largest absolute Gasteiger partial charge is 0.383 e. The first-order chi connectivity index (χ1) is 18.3. The van der Waals surface area contributed by atoms with E-state index >= 15 is 0 Å². The van der Waals surface area contributed by atoms with Crippen LogP contribution in [0, 0.1) is 18.7 Å². The van der Waals surface area contributed by atoms with Crippen LogP contribution in [0.1, 0.15) is 30.0 Å². The van der Waals surface area contributed by atoms with Crippen LogP contribution in [-0.4, -0.2) is 67.6 Å². The van der Waals surface area contributed by atoms with Crippen molar-refractivity contribution in [1.29, 1.82) is 0 Å². The molecule has 0 radical (unpaired) electrons. The summed E-state index contributed by atoms with van der Waals surface area (Å²) in [6, 6.07) is 16.0. The molecule has 2 heterocycles. The Labute approximate surface area is 224 Å². The minimum Gasteiger partial charge on any atom is -0.383 e. The summed E-state index contributed by atoms with van der Waals surface area (Å²) in [5.41, 5.74) is 3.41. The third kappa shape index (κ3) is 6.31. The van der Waals surface area contributed by atoms with E-state index < -0.39 is 17.5 Å². The van der Waals surface area contributed by atoms with Crippen LogP contribution in [-0.2, 0) is 16.1 Å².